The van der Waals surface area contributed by atoms with Crippen molar-refractivity contribution in [3.8, 4) is 6.07 Å². The zero-order chi connectivity index (χ0) is 18.2. The van der Waals surface area contributed by atoms with Gasteiger partial charge in [-0.2, -0.15) is 5.26 Å². The van der Waals surface area contributed by atoms with Crippen LogP contribution in [-0.4, -0.2) is 30.9 Å². The molecule has 2 rings (SSSR count). The number of nitrogens with zero attached hydrogens (tertiary/aromatic N) is 1. The lowest BCUT2D eigenvalue weighted by molar-refractivity contribution is -0.146. The maximum Gasteiger partial charge on any atom is 0.325 e. The topological polar surface area (TPSA) is 108 Å². The Balaban J connectivity index is 1.75. The molecular formula is C17H15N3O4S. The summed E-state index contributed by atoms with van der Waals surface area (Å²) in [6, 6.07) is 11.9. The predicted octanol–water partition coefficient (Wildman–Crippen LogP) is 1.84. The van der Waals surface area contributed by atoms with Gasteiger partial charge in [0.15, 0.2) is 6.61 Å². The van der Waals surface area contributed by atoms with E-state index in [1.807, 2.05) is 13.0 Å². The first-order chi connectivity index (χ1) is 12.0. The highest BCUT2D eigenvalue weighted by molar-refractivity contribution is 7.13. The monoisotopic (exact) mass is 357 g/mol. The molecular weight excluding hydrogens is 342 g/mol. The number of amides is 2. The fourth-order valence-corrected chi connectivity index (χ4v) is 2.65. The number of benzene rings is 1. The van der Waals surface area contributed by atoms with Crippen molar-refractivity contribution in [1.29, 1.82) is 5.26 Å². The molecule has 1 aromatic carbocycles. The Morgan fingerprint density at radius 2 is 1.96 bits per heavy atom. The molecule has 0 unspecified atom stereocenters. The summed E-state index contributed by atoms with van der Waals surface area (Å²) >= 11 is 1.32. The second-order valence-corrected chi connectivity index (χ2v) is 6.25. The molecule has 0 radical (unpaired) electrons. The van der Waals surface area contributed by atoms with Crippen LogP contribution in [0.15, 0.2) is 36.4 Å². The number of anilines is 1. The molecule has 0 aliphatic rings. The highest BCUT2D eigenvalue weighted by Crippen LogP contribution is 2.14. The van der Waals surface area contributed by atoms with E-state index in [1.54, 1.807) is 36.4 Å². The van der Waals surface area contributed by atoms with Crippen molar-refractivity contribution >= 4 is 34.8 Å². The van der Waals surface area contributed by atoms with Gasteiger partial charge in [0.05, 0.1) is 16.1 Å². The quantitative estimate of drug-likeness (QED) is 0.767. The summed E-state index contributed by atoms with van der Waals surface area (Å²) in [5.41, 5.74) is 0.646. The SMILES string of the molecule is Cc1ccc(C(=O)NCC(=O)OCC(=O)Nc2ccccc2C#N)s1. The molecule has 1 heterocycles. The number of hydrogen-bond acceptors (Lipinski definition) is 6. The van der Waals surface area contributed by atoms with Crippen molar-refractivity contribution in [3.05, 3.63) is 51.7 Å². The van der Waals surface area contributed by atoms with Gasteiger partial charge in [0.1, 0.15) is 12.6 Å². The number of nitrogens with one attached hydrogen (secondary N) is 2. The van der Waals surface area contributed by atoms with E-state index in [1.165, 1.54) is 11.3 Å². The summed E-state index contributed by atoms with van der Waals surface area (Å²) in [5, 5.41) is 13.9. The lowest BCUT2D eigenvalue weighted by Gasteiger charge is -2.08. The molecule has 7 nitrogen and oxygen atoms in total. The van der Waals surface area contributed by atoms with Gasteiger partial charge >= 0.3 is 5.97 Å². The summed E-state index contributed by atoms with van der Waals surface area (Å²) < 4.78 is 4.80. The Morgan fingerprint density at radius 3 is 2.64 bits per heavy atom. The molecule has 0 saturated carbocycles. The summed E-state index contributed by atoms with van der Waals surface area (Å²) in [4.78, 5) is 36.6. The van der Waals surface area contributed by atoms with E-state index in [-0.39, 0.29) is 12.5 Å². The number of aryl methyl sites for hydroxylation is 1. The molecule has 2 aromatic rings. The standard InChI is InChI=1S/C17H15N3O4S/c1-11-6-7-14(25-11)17(23)19-9-16(22)24-10-15(21)20-13-5-3-2-4-12(13)8-18/h2-7H,9-10H2,1H3,(H,19,23)(H,20,21). The molecule has 0 spiro atoms. The number of ether oxygens (including phenoxy) is 1. The van der Waals surface area contributed by atoms with E-state index in [2.05, 4.69) is 10.6 Å². The van der Waals surface area contributed by atoms with Crippen LogP contribution in [0.2, 0.25) is 0 Å². The molecule has 25 heavy (non-hydrogen) atoms. The van der Waals surface area contributed by atoms with Gasteiger partial charge in [0, 0.05) is 4.88 Å². The van der Waals surface area contributed by atoms with Crippen molar-refractivity contribution in [3.63, 3.8) is 0 Å². The van der Waals surface area contributed by atoms with Crippen LogP contribution in [0.5, 0.6) is 0 Å². The van der Waals surface area contributed by atoms with Gasteiger partial charge in [-0.15, -0.1) is 11.3 Å². The molecule has 0 saturated heterocycles. The number of hydrogen-bond donors (Lipinski definition) is 2. The van der Waals surface area contributed by atoms with Crippen LogP contribution in [0.3, 0.4) is 0 Å². The first-order valence-electron chi connectivity index (χ1n) is 7.29. The average molecular weight is 357 g/mol. The fourth-order valence-electron chi connectivity index (χ4n) is 1.87. The van der Waals surface area contributed by atoms with E-state index in [4.69, 9.17) is 10.00 Å². The van der Waals surface area contributed by atoms with E-state index in [0.29, 0.717) is 16.1 Å². The Hall–Kier alpha value is -3.18. The van der Waals surface area contributed by atoms with Crippen LogP contribution < -0.4 is 10.6 Å². The number of esters is 1. The zero-order valence-electron chi connectivity index (χ0n) is 13.4. The summed E-state index contributed by atoms with van der Waals surface area (Å²) in [6.45, 7) is 1.03. The fraction of sp³-hybridized carbons (Fsp3) is 0.176. The molecule has 0 bridgehead atoms. The number of carbonyl (C=O) groups is 3. The van der Waals surface area contributed by atoms with E-state index in [9.17, 15) is 14.4 Å². The number of carbonyl (C=O) groups excluding carboxylic acids is 3. The number of para-hydroxylation sites is 1. The van der Waals surface area contributed by atoms with Crippen LogP contribution in [0, 0.1) is 18.3 Å². The van der Waals surface area contributed by atoms with Crippen molar-refractivity contribution in [2.45, 2.75) is 6.92 Å². The third-order valence-corrected chi connectivity index (χ3v) is 4.04. The van der Waals surface area contributed by atoms with E-state index < -0.39 is 18.5 Å². The minimum Gasteiger partial charge on any atom is -0.454 e. The van der Waals surface area contributed by atoms with Gasteiger partial charge in [0.2, 0.25) is 0 Å². The van der Waals surface area contributed by atoms with E-state index >= 15 is 0 Å². The van der Waals surface area contributed by atoms with Gasteiger partial charge in [-0.3, -0.25) is 14.4 Å². The van der Waals surface area contributed by atoms with Crippen molar-refractivity contribution in [2.24, 2.45) is 0 Å². The highest BCUT2D eigenvalue weighted by atomic mass is 32.1. The van der Waals surface area contributed by atoms with Gasteiger partial charge in [-0.25, -0.2) is 0 Å². The van der Waals surface area contributed by atoms with Gasteiger partial charge in [-0.05, 0) is 31.2 Å². The molecule has 1 aromatic heterocycles. The summed E-state index contributed by atoms with van der Waals surface area (Å²) in [5.74, 6) is -1.68. The lowest BCUT2D eigenvalue weighted by atomic mass is 10.2. The van der Waals surface area contributed by atoms with Gasteiger partial charge in [-0.1, -0.05) is 12.1 Å². The van der Waals surface area contributed by atoms with Crippen molar-refractivity contribution in [2.75, 3.05) is 18.5 Å². The molecule has 2 amide bonds. The van der Waals surface area contributed by atoms with Crippen LogP contribution in [0.1, 0.15) is 20.1 Å². The smallest absolute Gasteiger partial charge is 0.325 e. The molecule has 0 fully saturated rings. The third-order valence-electron chi connectivity index (χ3n) is 3.04. The number of thiophene rings is 1. The lowest BCUT2D eigenvalue weighted by Crippen LogP contribution is -2.31. The maximum atomic E-state index is 11.8. The Morgan fingerprint density at radius 1 is 1.20 bits per heavy atom. The largest absolute Gasteiger partial charge is 0.454 e. The second kappa shape index (κ2) is 8.61. The molecule has 0 aliphatic heterocycles. The minimum absolute atomic E-state index is 0.306. The first-order valence-corrected chi connectivity index (χ1v) is 8.10. The Labute approximate surface area is 148 Å². The van der Waals surface area contributed by atoms with Crippen LogP contribution in [0.4, 0.5) is 5.69 Å². The molecule has 0 aliphatic carbocycles. The maximum absolute atomic E-state index is 11.8. The average Bonchev–Trinajstić information content (AvgIpc) is 3.05. The van der Waals surface area contributed by atoms with Crippen LogP contribution >= 0.6 is 11.3 Å². The van der Waals surface area contributed by atoms with Crippen LogP contribution in [0.25, 0.3) is 0 Å². The van der Waals surface area contributed by atoms with Gasteiger partial charge < -0.3 is 15.4 Å². The van der Waals surface area contributed by atoms with Crippen molar-refractivity contribution in [1.82, 2.24) is 5.32 Å². The molecule has 2 N–H and O–H groups in total. The first kappa shape index (κ1) is 18.2. The van der Waals surface area contributed by atoms with Gasteiger partial charge in [0.25, 0.3) is 11.8 Å². The Kier molecular flexibility index (Phi) is 6.26. The normalized spacial score (nSPS) is 9.76. The molecule has 8 heteroatoms. The number of rotatable bonds is 6. The van der Waals surface area contributed by atoms with Crippen LogP contribution in [-0.2, 0) is 14.3 Å². The zero-order valence-corrected chi connectivity index (χ0v) is 14.2. The summed E-state index contributed by atoms with van der Waals surface area (Å²) in [6.07, 6.45) is 0. The predicted molar refractivity (Wildman–Crippen MR) is 92.1 cm³/mol. The highest BCUT2D eigenvalue weighted by Gasteiger charge is 2.12. The second-order valence-electron chi connectivity index (χ2n) is 4.96. The molecule has 128 valence electrons. The van der Waals surface area contributed by atoms with Crippen molar-refractivity contribution < 1.29 is 19.1 Å². The third kappa shape index (κ3) is 5.44. The molecule has 0 atom stereocenters. The number of nitriles is 1. The van der Waals surface area contributed by atoms with E-state index in [0.717, 1.165) is 4.88 Å². The summed E-state index contributed by atoms with van der Waals surface area (Å²) in [7, 11) is 0. The Bertz CT molecular complexity index is 838. The minimum atomic E-state index is -0.731.